The minimum absolute atomic E-state index is 0.336. The highest BCUT2D eigenvalue weighted by molar-refractivity contribution is 5.76. The predicted octanol–water partition coefficient (Wildman–Crippen LogP) is 0.812. The van der Waals surface area contributed by atoms with E-state index in [4.69, 9.17) is 9.84 Å². The van der Waals surface area contributed by atoms with Crippen LogP contribution in [0.15, 0.2) is 24.3 Å². The van der Waals surface area contributed by atoms with Crippen molar-refractivity contribution in [1.82, 2.24) is 10.2 Å². The summed E-state index contributed by atoms with van der Waals surface area (Å²) in [5.74, 6) is 0.550. The normalized spacial score (nSPS) is 15.1. The average molecular weight is 292 g/mol. The van der Waals surface area contributed by atoms with E-state index >= 15 is 0 Å². The Balaban J connectivity index is 1.65. The molecule has 0 unspecified atom stereocenters. The minimum atomic E-state index is -0.455. The Hall–Kier alpha value is -1.59. The zero-order valence-electron chi connectivity index (χ0n) is 12.4. The Kier molecular flexibility index (Phi) is 6.50. The number of nitrogens with zero attached hydrogens (tertiary/aromatic N) is 1. The quantitative estimate of drug-likeness (QED) is 0.744. The molecule has 1 aliphatic rings. The van der Waals surface area contributed by atoms with E-state index in [1.54, 1.807) is 0 Å². The van der Waals surface area contributed by atoms with Gasteiger partial charge in [0.2, 0.25) is 5.91 Å². The fraction of sp³-hybridized carbons (Fsp3) is 0.562. The van der Waals surface area contributed by atoms with Gasteiger partial charge in [-0.05, 0) is 50.0 Å². The van der Waals surface area contributed by atoms with Gasteiger partial charge < -0.3 is 15.2 Å². The van der Waals surface area contributed by atoms with E-state index in [1.165, 1.54) is 25.9 Å². The minimum Gasteiger partial charge on any atom is -0.492 e. The molecule has 21 heavy (non-hydrogen) atoms. The van der Waals surface area contributed by atoms with Crippen molar-refractivity contribution in [2.75, 3.05) is 39.4 Å². The van der Waals surface area contributed by atoms with Crippen LogP contribution in [0.4, 0.5) is 0 Å². The molecule has 1 aromatic rings. The van der Waals surface area contributed by atoms with Crippen molar-refractivity contribution in [2.45, 2.75) is 19.3 Å². The Bertz CT molecular complexity index is 428. The van der Waals surface area contributed by atoms with Crippen molar-refractivity contribution in [3.63, 3.8) is 0 Å². The van der Waals surface area contributed by atoms with Crippen LogP contribution in [0, 0.1) is 0 Å². The van der Waals surface area contributed by atoms with Crippen LogP contribution in [0.5, 0.6) is 5.75 Å². The first-order valence-corrected chi connectivity index (χ1v) is 7.59. The summed E-state index contributed by atoms with van der Waals surface area (Å²) in [6.07, 6.45) is 3.36. The first-order valence-electron chi connectivity index (χ1n) is 7.59. The summed E-state index contributed by atoms with van der Waals surface area (Å²) in [6.45, 7) is 4.20. The Labute approximate surface area is 125 Å². The molecule has 1 amide bonds. The van der Waals surface area contributed by atoms with Crippen LogP contribution in [-0.2, 0) is 11.2 Å². The van der Waals surface area contributed by atoms with E-state index in [0.29, 0.717) is 6.54 Å². The number of benzene rings is 1. The van der Waals surface area contributed by atoms with Gasteiger partial charge in [0.15, 0.2) is 0 Å². The van der Waals surface area contributed by atoms with Crippen molar-refractivity contribution < 1.29 is 14.6 Å². The SMILES string of the molecule is O=C(CO)NCCc1ccc(OCCN2CCCC2)cc1. The first-order chi connectivity index (χ1) is 10.3. The van der Waals surface area contributed by atoms with E-state index in [-0.39, 0.29) is 5.91 Å². The van der Waals surface area contributed by atoms with Gasteiger partial charge in [-0.15, -0.1) is 0 Å². The van der Waals surface area contributed by atoms with Crippen molar-refractivity contribution in [3.05, 3.63) is 29.8 Å². The summed E-state index contributed by atoms with van der Waals surface area (Å²) < 4.78 is 5.74. The number of aliphatic hydroxyl groups is 1. The van der Waals surface area contributed by atoms with Gasteiger partial charge in [0.25, 0.3) is 0 Å². The lowest BCUT2D eigenvalue weighted by Gasteiger charge is -2.15. The molecular weight excluding hydrogens is 268 g/mol. The maximum atomic E-state index is 10.9. The molecule has 1 heterocycles. The van der Waals surface area contributed by atoms with Crippen LogP contribution in [0.1, 0.15) is 18.4 Å². The zero-order chi connectivity index (χ0) is 14.9. The second-order valence-electron chi connectivity index (χ2n) is 5.30. The predicted molar refractivity (Wildman–Crippen MR) is 81.4 cm³/mol. The molecule has 2 N–H and O–H groups in total. The second kappa shape index (κ2) is 8.64. The molecule has 0 radical (unpaired) electrons. The highest BCUT2D eigenvalue weighted by Gasteiger charge is 2.10. The van der Waals surface area contributed by atoms with E-state index in [0.717, 1.165) is 30.9 Å². The monoisotopic (exact) mass is 292 g/mol. The number of hydrogen-bond acceptors (Lipinski definition) is 4. The second-order valence-corrected chi connectivity index (χ2v) is 5.30. The number of rotatable bonds is 8. The van der Waals surface area contributed by atoms with Gasteiger partial charge in [-0.2, -0.15) is 0 Å². The molecule has 1 aromatic carbocycles. The van der Waals surface area contributed by atoms with Crippen LogP contribution in [0.2, 0.25) is 0 Å². The van der Waals surface area contributed by atoms with Crippen LogP contribution in [-0.4, -0.2) is 55.3 Å². The van der Waals surface area contributed by atoms with Gasteiger partial charge >= 0.3 is 0 Å². The number of ether oxygens (including phenoxy) is 1. The third-order valence-electron chi connectivity index (χ3n) is 3.68. The van der Waals surface area contributed by atoms with E-state index in [9.17, 15) is 4.79 Å². The summed E-state index contributed by atoms with van der Waals surface area (Å²) in [6, 6.07) is 7.95. The molecule has 1 saturated heterocycles. The standard InChI is InChI=1S/C16H24N2O3/c19-13-16(20)17-8-7-14-3-5-15(6-4-14)21-12-11-18-9-1-2-10-18/h3-6,19H,1-2,7-13H2,(H,17,20). The van der Waals surface area contributed by atoms with Crippen LogP contribution < -0.4 is 10.1 Å². The summed E-state index contributed by atoms with van der Waals surface area (Å²) in [5.41, 5.74) is 1.14. The van der Waals surface area contributed by atoms with Crippen LogP contribution in [0.25, 0.3) is 0 Å². The molecule has 116 valence electrons. The number of amides is 1. The van der Waals surface area contributed by atoms with Gasteiger partial charge in [-0.3, -0.25) is 9.69 Å². The third kappa shape index (κ3) is 5.73. The smallest absolute Gasteiger partial charge is 0.245 e. The lowest BCUT2D eigenvalue weighted by Crippen LogP contribution is -2.28. The molecular formula is C16H24N2O3. The van der Waals surface area contributed by atoms with Crippen molar-refractivity contribution >= 4 is 5.91 Å². The van der Waals surface area contributed by atoms with Crippen molar-refractivity contribution in [2.24, 2.45) is 0 Å². The molecule has 5 nitrogen and oxygen atoms in total. The lowest BCUT2D eigenvalue weighted by molar-refractivity contribution is -0.123. The number of nitrogens with one attached hydrogen (secondary N) is 1. The van der Waals surface area contributed by atoms with Gasteiger partial charge in [-0.25, -0.2) is 0 Å². The molecule has 0 bridgehead atoms. The average Bonchev–Trinajstić information content (AvgIpc) is 3.02. The zero-order valence-corrected chi connectivity index (χ0v) is 12.4. The van der Waals surface area contributed by atoms with Crippen molar-refractivity contribution in [1.29, 1.82) is 0 Å². The van der Waals surface area contributed by atoms with Crippen molar-refractivity contribution in [3.8, 4) is 5.75 Å². The fourth-order valence-corrected chi connectivity index (χ4v) is 2.45. The van der Waals surface area contributed by atoms with Crippen LogP contribution >= 0.6 is 0 Å². The summed E-state index contributed by atoms with van der Waals surface area (Å²) in [7, 11) is 0. The summed E-state index contributed by atoms with van der Waals surface area (Å²) in [5, 5.41) is 11.2. The van der Waals surface area contributed by atoms with Gasteiger partial charge in [0, 0.05) is 13.1 Å². The first kappa shape index (κ1) is 15.8. The maximum Gasteiger partial charge on any atom is 0.245 e. The van der Waals surface area contributed by atoms with E-state index < -0.39 is 6.61 Å². The van der Waals surface area contributed by atoms with Gasteiger partial charge in [0.1, 0.15) is 19.0 Å². The maximum absolute atomic E-state index is 10.9. The molecule has 1 fully saturated rings. The summed E-state index contributed by atoms with van der Waals surface area (Å²) >= 11 is 0. The number of hydrogen-bond donors (Lipinski definition) is 2. The largest absolute Gasteiger partial charge is 0.492 e. The number of likely N-dealkylation sites (tertiary alicyclic amines) is 1. The third-order valence-corrected chi connectivity index (χ3v) is 3.68. The molecule has 0 spiro atoms. The Morgan fingerprint density at radius 1 is 1.24 bits per heavy atom. The molecule has 1 aliphatic heterocycles. The number of carbonyl (C=O) groups excluding carboxylic acids is 1. The topological polar surface area (TPSA) is 61.8 Å². The highest BCUT2D eigenvalue weighted by atomic mass is 16.5. The Morgan fingerprint density at radius 2 is 1.95 bits per heavy atom. The lowest BCUT2D eigenvalue weighted by atomic mass is 10.1. The van der Waals surface area contributed by atoms with E-state index in [2.05, 4.69) is 10.2 Å². The Morgan fingerprint density at radius 3 is 2.62 bits per heavy atom. The molecule has 0 aliphatic carbocycles. The molecule has 5 heteroatoms. The molecule has 0 saturated carbocycles. The van der Waals surface area contributed by atoms with Gasteiger partial charge in [-0.1, -0.05) is 12.1 Å². The van der Waals surface area contributed by atoms with Gasteiger partial charge in [0.05, 0.1) is 0 Å². The number of aliphatic hydroxyl groups excluding tert-OH is 1. The highest BCUT2D eigenvalue weighted by Crippen LogP contribution is 2.13. The molecule has 0 aromatic heterocycles. The fourth-order valence-electron chi connectivity index (χ4n) is 2.45. The van der Waals surface area contributed by atoms with E-state index in [1.807, 2.05) is 24.3 Å². The van der Waals surface area contributed by atoms with Crippen LogP contribution in [0.3, 0.4) is 0 Å². The molecule has 2 rings (SSSR count). The summed E-state index contributed by atoms with van der Waals surface area (Å²) in [4.78, 5) is 13.3. The molecule has 0 atom stereocenters. The number of carbonyl (C=O) groups is 1.